The number of aryl methyl sites for hydroxylation is 1. The predicted molar refractivity (Wildman–Crippen MR) is 64.7 cm³/mol. The van der Waals surface area contributed by atoms with Crippen LogP contribution in [-0.2, 0) is 0 Å². The zero-order valence-electron chi connectivity index (χ0n) is 9.04. The number of ether oxygens (including phenoxy) is 1. The van der Waals surface area contributed by atoms with E-state index in [1.165, 1.54) is 0 Å². The minimum Gasteiger partial charge on any atom is -0.496 e. The van der Waals surface area contributed by atoms with Gasteiger partial charge >= 0.3 is 0 Å². The molecule has 2 aromatic rings. The van der Waals surface area contributed by atoms with Crippen LogP contribution in [0.5, 0.6) is 5.75 Å². The average Bonchev–Trinajstić information content (AvgIpc) is 2.67. The van der Waals surface area contributed by atoms with Gasteiger partial charge in [0.2, 0.25) is 0 Å². The molecule has 1 aromatic carbocycles. The number of nitrogens with one attached hydrogen (secondary N) is 1. The zero-order valence-corrected chi connectivity index (χ0v) is 9.80. The SMILES string of the molecule is COc1c(C)ccc(Cl)c1-c1cn[nH]c1N. The van der Waals surface area contributed by atoms with Crippen molar-refractivity contribution in [2.75, 3.05) is 12.8 Å². The number of nitrogens with zero attached hydrogens (tertiary/aromatic N) is 1. The van der Waals surface area contributed by atoms with Gasteiger partial charge in [0.1, 0.15) is 11.6 Å². The van der Waals surface area contributed by atoms with Crippen LogP contribution in [-0.4, -0.2) is 17.3 Å². The number of aromatic nitrogens is 2. The van der Waals surface area contributed by atoms with E-state index in [2.05, 4.69) is 10.2 Å². The summed E-state index contributed by atoms with van der Waals surface area (Å²) in [7, 11) is 1.61. The van der Waals surface area contributed by atoms with Gasteiger partial charge in [-0.1, -0.05) is 17.7 Å². The van der Waals surface area contributed by atoms with Crippen LogP contribution in [0.15, 0.2) is 18.3 Å². The summed E-state index contributed by atoms with van der Waals surface area (Å²) in [5.74, 6) is 1.20. The van der Waals surface area contributed by atoms with E-state index < -0.39 is 0 Å². The third kappa shape index (κ3) is 1.61. The molecule has 3 N–H and O–H groups in total. The Morgan fingerprint density at radius 2 is 2.19 bits per heavy atom. The molecule has 1 aromatic heterocycles. The lowest BCUT2D eigenvalue weighted by Crippen LogP contribution is -1.94. The summed E-state index contributed by atoms with van der Waals surface area (Å²) in [4.78, 5) is 0. The van der Waals surface area contributed by atoms with Gasteiger partial charge < -0.3 is 10.5 Å². The number of benzene rings is 1. The molecule has 0 amide bonds. The maximum Gasteiger partial charge on any atom is 0.131 e. The maximum absolute atomic E-state index is 6.17. The van der Waals surface area contributed by atoms with E-state index in [0.717, 1.165) is 22.4 Å². The summed E-state index contributed by atoms with van der Waals surface area (Å²) in [6.45, 7) is 1.95. The minimum absolute atomic E-state index is 0.478. The molecule has 1 heterocycles. The molecule has 5 heteroatoms. The van der Waals surface area contributed by atoms with E-state index in [1.807, 2.05) is 19.1 Å². The number of anilines is 1. The van der Waals surface area contributed by atoms with Gasteiger partial charge in [0.15, 0.2) is 0 Å². The Hall–Kier alpha value is -1.68. The average molecular weight is 238 g/mol. The van der Waals surface area contributed by atoms with Crippen LogP contribution in [0.4, 0.5) is 5.82 Å². The molecule has 0 aliphatic rings. The lowest BCUT2D eigenvalue weighted by atomic mass is 10.0. The molecular formula is C11H12ClN3O. The first-order chi connectivity index (χ1) is 7.65. The summed E-state index contributed by atoms with van der Waals surface area (Å²) >= 11 is 6.17. The number of hydrogen-bond donors (Lipinski definition) is 2. The van der Waals surface area contributed by atoms with Gasteiger partial charge in [-0.2, -0.15) is 5.10 Å². The van der Waals surface area contributed by atoms with E-state index in [1.54, 1.807) is 13.3 Å². The first kappa shape index (κ1) is 10.8. The molecule has 0 atom stereocenters. The normalized spacial score (nSPS) is 10.4. The van der Waals surface area contributed by atoms with E-state index >= 15 is 0 Å². The first-order valence-corrected chi connectivity index (χ1v) is 5.15. The molecule has 0 saturated heterocycles. The van der Waals surface area contributed by atoms with Crippen molar-refractivity contribution in [3.05, 3.63) is 28.9 Å². The van der Waals surface area contributed by atoms with Crippen LogP contribution in [0.3, 0.4) is 0 Å². The number of nitrogens with two attached hydrogens (primary N) is 1. The van der Waals surface area contributed by atoms with Crippen molar-refractivity contribution in [1.29, 1.82) is 0 Å². The summed E-state index contributed by atoms with van der Waals surface area (Å²) in [5.41, 5.74) is 8.31. The van der Waals surface area contributed by atoms with Crippen molar-refractivity contribution in [1.82, 2.24) is 10.2 Å². The van der Waals surface area contributed by atoms with E-state index in [0.29, 0.717) is 10.8 Å². The van der Waals surface area contributed by atoms with Crippen LogP contribution in [0.2, 0.25) is 5.02 Å². The number of halogens is 1. The van der Waals surface area contributed by atoms with Gasteiger partial charge in [-0.05, 0) is 18.6 Å². The third-order valence-corrected chi connectivity index (χ3v) is 2.76. The fourth-order valence-electron chi connectivity index (χ4n) is 1.67. The van der Waals surface area contributed by atoms with Crippen molar-refractivity contribution in [2.45, 2.75) is 6.92 Å². The van der Waals surface area contributed by atoms with Gasteiger partial charge in [-0.15, -0.1) is 0 Å². The van der Waals surface area contributed by atoms with Gasteiger partial charge in [0.25, 0.3) is 0 Å². The molecule has 84 valence electrons. The highest BCUT2D eigenvalue weighted by Gasteiger charge is 2.16. The summed E-state index contributed by atoms with van der Waals surface area (Å²) in [6, 6.07) is 3.72. The van der Waals surface area contributed by atoms with Crippen molar-refractivity contribution in [2.24, 2.45) is 0 Å². The molecule has 0 radical (unpaired) electrons. The number of H-pyrrole nitrogens is 1. The predicted octanol–water partition coefficient (Wildman–Crippen LogP) is 2.63. The van der Waals surface area contributed by atoms with Crippen LogP contribution < -0.4 is 10.5 Å². The number of aromatic amines is 1. The number of nitrogen functional groups attached to an aromatic ring is 1. The third-order valence-electron chi connectivity index (χ3n) is 2.45. The van der Waals surface area contributed by atoms with Crippen LogP contribution in [0.25, 0.3) is 11.1 Å². The Morgan fingerprint density at radius 3 is 2.75 bits per heavy atom. The van der Waals surface area contributed by atoms with Crippen LogP contribution in [0, 0.1) is 6.92 Å². The second kappa shape index (κ2) is 4.06. The molecule has 0 fully saturated rings. The fraction of sp³-hybridized carbons (Fsp3) is 0.182. The summed E-state index contributed by atoms with van der Waals surface area (Å²) < 4.78 is 5.35. The van der Waals surface area contributed by atoms with E-state index in [4.69, 9.17) is 22.1 Å². The maximum atomic E-state index is 6.17. The molecule has 0 saturated carbocycles. The highest BCUT2D eigenvalue weighted by Crippen LogP contribution is 2.40. The van der Waals surface area contributed by atoms with Gasteiger partial charge in [0.05, 0.1) is 18.3 Å². The quantitative estimate of drug-likeness (QED) is 0.844. The van der Waals surface area contributed by atoms with Gasteiger partial charge in [0, 0.05) is 11.1 Å². The van der Waals surface area contributed by atoms with Crippen molar-refractivity contribution in [3.8, 4) is 16.9 Å². The second-order valence-electron chi connectivity index (χ2n) is 3.47. The van der Waals surface area contributed by atoms with Gasteiger partial charge in [-0.25, -0.2) is 0 Å². The molecular weight excluding hydrogens is 226 g/mol. The lowest BCUT2D eigenvalue weighted by Gasteiger charge is -2.12. The Labute approximate surface area is 98.4 Å². The molecule has 16 heavy (non-hydrogen) atoms. The Balaban J connectivity index is 2.73. The van der Waals surface area contributed by atoms with Gasteiger partial charge in [-0.3, -0.25) is 5.10 Å². The molecule has 0 unspecified atom stereocenters. The molecule has 0 bridgehead atoms. The second-order valence-corrected chi connectivity index (χ2v) is 3.88. The number of methoxy groups -OCH3 is 1. The molecule has 2 rings (SSSR count). The largest absolute Gasteiger partial charge is 0.496 e. The highest BCUT2D eigenvalue weighted by molar-refractivity contribution is 6.34. The molecule has 0 aliphatic heterocycles. The van der Waals surface area contributed by atoms with Crippen LogP contribution in [0.1, 0.15) is 5.56 Å². The zero-order chi connectivity index (χ0) is 11.7. The minimum atomic E-state index is 0.478. The standard InChI is InChI=1S/C11H12ClN3O/c1-6-3-4-8(12)9(10(6)16-2)7-5-14-15-11(7)13/h3-5H,1-2H3,(H3,13,14,15). The summed E-state index contributed by atoms with van der Waals surface area (Å²) in [5, 5.41) is 7.15. The number of hydrogen-bond acceptors (Lipinski definition) is 3. The Bertz CT molecular complexity index is 522. The monoisotopic (exact) mass is 237 g/mol. The van der Waals surface area contributed by atoms with Crippen molar-refractivity contribution >= 4 is 17.4 Å². The molecule has 0 aliphatic carbocycles. The van der Waals surface area contributed by atoms with Crippen molar-refractivity contribution < 1.29 is 4.74 Å². The highest BCUT2D eigenvalue weighted by atomic mass is 35.5. The number of rotatable bonds is 2. The fourth-order valence-corrected chi connectivity index (χ4v) is 1.92. The van der Waals surface area contributed by atoms with Crippen LogP contribution >= 0.6 is 11.6 Å². The lowest BCUT2D eigenvalue weighted by molar-refractivity contribution is 0.413. The van der Waals surface area contributed by atoms with E-state index in [9.17, 15) is 0 Å². The summed E-state index contributed by atoms with van der Waals surface area (Å²) in [6.07, 6.45) is 1.64. The Morgan fingerprint density at radius 1 is 1.44 bits per heavy atom. The molecule has 0 spiro atoms. The van der Waals surface area contributed by atoms with E-state index in [-0.39, 0.29) is 0 Å². The Kier molecular flexibility index (Phi) is 2.75. The topological polar surface area (TPSA) is 63.9 Å². The first-order valence-electron chi connectivity index (χ1n) is 4.77. The molecule has 4 nitrogen and oxygen atoms in total. The smallest absolute Gasteiger partial charge is 0.131 e. The van der Waals surface area contributed by atoms with Crippen molar-refractivity contribution in [3.63, 3.8) is 0 Å².